The van der Waals surface area contributed by atoms with E-state index in [0.29, 0.717) is 5.92 Å². The van der Waals surface area contributed by atoms with E-state index in [9.17, 15) is 9.59 Å². The Hall–Kier alpha value is -1.30. The van der Waals surface area contributed by atoms with Crippen LogP contribution >= 0.6 is 0 Å². The minimum Gasteiger partial charge on any atom is -0.480 e. The Bertz CT molecular complexity index is 256. The molecule has 2 unspecified atom stereocenters. The number of hydrogen-bond acceptors (Lipinski definition) is 3. The monoisotopic (exact) mass is 246 g/mol. The lowest BCUT2D eigenvalue weighted by Gasteiger charge is -2.19. The van der Waals surface area contributed by atoms with E-state index in [1.54, 1.807) is 0 Å². The van der Waals surface area contributed by atoms with Crippen LogP contribution in [0.5, 0.6) is 0 Å². The molecule has 0 saturated carbocycles. The van der Waals surface area contributed by atoms with Crippen molar-refractivity contribution in [2.75, 3.05) is 13.7 Å². The molecule has 0 heterocycles. The second-order valence-corrected chi connectivity index (χ2v) is 4.49. The van der Waals surface area contributed by atoms with Crippen LogP contribution in [0.4, 0.5) is 4.79 Å². The van der Waals surface area contributed by atoms with Crippen LogP contribution in [0.1, 0.15) is 27.2 Å². The van der Waals surface area contributed by atoms with Gasteiger partial charge in [-0.05, 0) is 19.3 Å². The van der Waals surface area contributed by atoms with Crippen molar-refractivity contribution in [3.05, 3.63) is 0 Å². The Morgan fingerprint density at radius 3 is 2.24 bits per heavy atom. The minimum absolute atomic E-state index is 0.00647. The van der Waals surface area contributed by atoms with Gasteiger partial charge >= 0.3 is 12.0 Å². The number of amides is 2. The van der Waals surface area contributed by atoms with Crippen molar-refractivity contribution in [2.24, 2.45) is 5.92 Å². The smallest absolute Gasteiger partial charge is 0.328 e. The van der Waals surface area contributed by atoms with E-state index in [1.165, 1.54) is 7.11 Å². The maximum atomic E-state index is 11.5. The topological polar surface area (TPSA) is 87.7 Å². The summed E-state index contributed by atoms with van der Waals surface area (Å²) >= 11 is 0. The predicted molar refractivity (Wildman–Crippen MR) is 63.9 cm³/mol. The molecule has 0 aliphatic carbocycles. The maximum Gasteiger partial charge on any atom is 0.328 e. The summed E-state index contributed by atoms with van der Waals surface area (Å²) < 4.78 is 4.71. The number of carboxylic acids is 1. The SMILES string of the molecule is COCC(NC(=O)NC(C)CC(C)C)C(=O)O. The van der Waals surface area contributed by atoms with Crippen LogP contribution in [-0.2, 0) is 9.53 Å². The molecule has 2 amide bonds. The fourth-order valence-corrected chi connectivity index (χ4v) is 1.53. The third-order valence-electron chi connectivity index (χ3n) is 2.14. The van der Waals surface area contributed by atoms with Crippen LogP contribution < -0.4 is 10.6 Å². The van der Waals surface area contributed by atoms with Crippen LogP contribution in [-0.4, -0.2) is 42.9 Å². The molecule has 0 fully saturated rings. The van der Waals surface area contributed by atoms with E-state index in [0.717, 1.165) is 6.42 Å². The van der Waals surface area contributed by atoms with Gasteiger partial charge in [-0.25, -0.2) is 9.59 Å². The number of hydrogen-bond donors (Lipinski definition) is 3. The first-order valence-electron chi connectivity index (χ1n) is 5.65. The zero-order valence-corrected chi connectivity index (χ0v) is 10.8. The van der Waals surface area contributed by atoms with Gasteiger partial charge in [0.1, 0.15) is 0 Å². The molecule has 2 atom stereocenters. The Balaban J connectivity index is 4.09. The van der Waals surface area contributed by atoms with Gasteiger partial charge in [-0.15, -0.1) is 0 Å². The first-order valence-corrected chi connectivity index (χ1v) is 5.65. The van der Waals surface area contributed by atoms with Crippen molar-refractivity contribution >= 4 is 12.0 Å². The Kier molecular flexibility index (Phi) is 7.29. The van der Waals surface area contributed by atoms with Crippen molar-refractivity contribution in [3.63, 3.8) is 0 Å². The van der Waals surface area contributed by atoms with Gasteiger partial charge < -0.3 is 20.5 Å². The highest BCUT2D eigenvalue weighted by Crippen LogP contribution is 2.03. The number of carboxylic acid groups (broad SMARTS) is 1. The molecule has 0 radical (unpaired) electrons. The Morgan fingerprint density at radius 1 is 1.24 bits per heavy atom. The van der Waals surface area contributed by atoms with Crippen LogP contribution in [0, 0.1) is 5.92 Å². The molecule has 17 heavy (non-hydrogen) atoms. The molecule has 0 rings (SSSR count). The van der Waals surface area contributed by atoms with E-state index in [2.05, 4.69) is 24.5 Å². The molecule has 3 N–H and O–H groups in total. The highest BCUT2D eigenvalue weighted by Gasteiger charge is 2.20. The number of urea groups is 1. The molecule has 0 aromatic carbocycles. The first-order chi connectivity index (χ1) is 7.86. The Morgan fingerprint density at radius 2 is 1.82 bits per heavy atom. The molecule has 0 bridgehead atoms. The summed E-state index contributed by atoms with van der Waals surface area (Å²) in [6.07, 6.45) is 0.843. The molecule has 0 aromatic rings. The van der Waals surface area contributed by atoms with Crippen molar-refractivity contribution in [1.29, 1.82) is 0 Å². The molecular weight excluding hydrogens is 224 g/mol. The molecule has 0 saturated heterocycles. The number of nitrogens with one attached hydrogen (secondary N) is 2. The van der Waals surface area contributed by atoms with Crippen molar-refractivity contribution in [3.8, 4) is 0 Å². The standard InChI is InChI=1S/C11H22N2O4/c1-7(2)5-8(3)12-11(16)13-9(6-17-4)10(14)15/h7-9H,5-6H2,1-4H3,(H,14,15)(H2,12,13,16). The van der Waals surface area contributed by atoms with Gasteiger partial charge in [0.15, 0.2) is 6.04 Å². The normalized spacial score (nSPS) is 14.2. The van der Waals surface area contributed by atoms with Gasteiger partial charge in [0.25, 0.3) is 0 Å². The molecule has 100 valence electrons. The average molecular weight is 246 g/mol. The largest absolute Gasteiger partial charge is 0.480 e. The highest BCUT2D eigenvalue weighted by atomic mass is 16.5. The summed E-state index contributed by atoms with van der Waals surface area (Å²) in [4.78, 5) is 22.2. The van der Waals surface area contributed by atoms with E-state index in [-0.39, 0.29) is 12.6 Å². The summed E-state index contributed by atoms with van der Waals surface area (Å²) in [5.74, 6) is -0.641. The molecule has 6 heteroatoms. The summed E-state index contributed by atoms with van der Waals surface area (Å²) in [5, 5.41) is 13.8. The number of methoxy groups -OCH3 is 1. The lowest BCUT2D eigenvalue weighted by molar-refractivity contribution is -0.140. The van der Waals surface area contributed by atoms with Crippen LogP contribution in [0.2, 0.25) is 0 Å². The van der Waals surface area contributed by atoms with Gasteiger partial charge in [0.2, 0.25) is 0 Å². The van der Waals surface area contributed by atoms with E-state index >= 15 is 0 Å². The lowest BCUT2D eigenvalue weighted by Crippen LogP contribution is -2.50. The predicted octanol–water partition coefficient (Wildman–Crippen LogP) is 0.820. The average Bonchev–Trinajstić information content (AvgIpc) is 2.14. The van der Waals surface area contributed by atoms with Gasteiger partial charge in [0, 0.05) is 13.2 Å². The molecular formula is C11H22N2O4. The zero-order valence-electron chi connectivity index (χ0n) is 10.8. The molecule has 0 spiro atoms. The van der Waals surface area contributed by atoms with Gasteiger partial charge in [0.05, 0.1) is 6.61 Å². The third kappa shape index (κ3) is 7.57. The summed E-state index contributed by atoms with van der Waals surface area (Å²) in [6.45, 7) is 5.94. The van der Waals surface area contributed by atoms with E-state index in [4.69, 9.17) is 9.84 Å². The Labute approximate surface area is 102 Å². The molecule has 6 nitrogen and oxygen atoms in total. The summed E-state index contributed by atoms with van der Waals surface area (Å²) in [5.41, 5.74) is 0. The van der Waals surface area contributed by atoms with Gasteiger partial charge in [-0.1, -0.05) is 13.8 Å². The summed E-state index contributed by atoms with van der Waals surface area (Å²) in [7, 11) is 1.39. The quantitative estimate of drug-likeness (QED) is 0.620. The second-order valence-electron chi connectivity index (χ2n) is 4.49. The number of carbonyl (C=O) groups excluding carboxylic acids is 1. The number of aliphatic carboxylic acids is 1. The maximum absolute atomic E-state index is 11.5. The third-order valence-corrected chi connectivity index (χ3v) is 2.14. The molecule has 0 aromatic heterocycles. The van der Waals surface area contributed by atoms with E-state index < -0.39 is 18.0 Å². The number of carbonyl (C=O) groups is 2. The van der Waals surface area contributed by atoms with Gasteiger partial charge in [-0.3, -0.25) is 0 Å². The zero-order chi connectivity index (χ0) is 13.4. The highest BCUT2D eigenvalue weighted by molar-refractivity contribution is 5.82. The van der Waals surface area contributed by atoms with Crippen molar-refractivity contribution < 1.29 is 19.4 Å². The molecule has 0 aliphatic rings. The van der Waals surface area contributed by atoms with Crippen LogP contribution in [0.3, 0.4) is 0 Å². The summed E-state index contributed by atoms with van der Waals surface area (Å²) in [6, 6.07) is -1.50. The minimum atomic E-state index is -1.11. The lowest BCUT2D eigenvalue weighted by atomic mass is 10.1. The van der Waals surface area contributed by atoms with Crippen molar-refractivity contribution in [2.45, 2.75) is 39.3 Å². The fraction of sp³-hybridized carbons (Fsp3) is 0.818. The fourth-order valence-electron chi connectivity index (χ4n) is 1.53. The number of ether oxygens (including phenoxy) is 1. The van der Waals surface area contributed by atoms with Crippen molar-refractivity contribution in [1.82, 2.24) is 10.6 Å². The van der Waals surface area contributed by atoms with Crippen LogP contribution in [0.25, 0.3) is 0 Å². The second kappa shape index (κ2) is 7.89. The van der Waals surface area contributed by atoms with E-state index in [1.807, 2.05) is 6.92 Å². The van der Waals surface area contributed by atoms with Gasteiger partial charge in [-0.2, -0.15) is 0 Å². The molecule has 0 aliphatic heterocycles. The first kappa shape index (κ1) is 15.7. The van der Waals surface area contributed by atoms with Crippen LogP contribution in [0.15, 0.2) is 0 Å². The number of rotatable bonds is 7.